The molecule has 0 radical (unpaired) electrons. The molecule has 0 saturated carbocycles. The van der Waals surface area contributed by atoms with Gasteiger partial charge in [0.25, 0.3) is 0 Å². The van der Waals surface area contributed by atoms with Gasteiger partial charge in [0.2, 0.25) is 0 Å². The predicted molar refractivity (Wildman–Crippen MR) is 93.6 cm³/mol. The van der Waals surface area contributed by atoms with E-state index in [4.69, 9.17) is 0 Å². The molecule has 0 heterocycles. The van der Waals surface area contributed by atoms with Crippen molar-refractivity contribution in [2.45, 2.75) is 28.0 Å². The van der Waals surface area contributed by atoms with E-state index in [1.165, 1.54) is 4.90 Å². The Hall–Kier alpha value is -1.18. The number of carbonyl (C=O) groups excluding carboxylic acids is 1. The Balaban J connectivity index is 0.000000381. The minimum atomic E-state index is -10.7. The van der Waals surface area contributed by atoms with E-state index in [0.29, 0.717) is 6.42 Å². The monoisotopic (exact) mass is 420 g/mol. The van der Waals surface area contributed by atoms with Crippen LogP contribution in [0.2, 0.25) is 0 Å². The van der Waals surface area contributed by atoms with E-state index >= 15 is 0 Å². The summed E-state index contributed by atoms with van der Waals surface area (Å²) in [5, 5.41) is 0. The Bertz CT molecular complexity index is 716. The van der Waals surface area contributed by atoms with Crippen LogP contribution < -0.4 is 0 Å². The molecule has 2 rings (SSSR count). The van der Waals surface area contributed by atoms with E-state index < -0.39 is 7.81 Å². The van der Waals surface area contributed by atoms with E-state index in [2.05, 4.69) is 24.8 Å². The molecule has 0 fully saturated rings. The van der Waals surface area contributed by atoms with Crippen LogP contribution in [0.5, 0.6) is 0 Å². The van der Waals surface area contributed by atoms with Gasteiger partial charge in [0.05, 0.1) is 0 Å². The number of benzene rings is 2. The van der Waals surface area contributed by atoms with Crippen LogP contribution in [0.15, 0.2) is 63.2 Å². The number of rotatable bonds is 4. The van der Waals surface area contributed by atoms with Crippen molar-refractivity contribution in [3.63, 3.8) is 0 Å². The van der Waals surface area contributed by atoms with Crippen LogP contribution in [0.3, 0.4) is 0 Å². The van der Waals surface area contributed by atoms with Crippen LogP contribution in [0.1, 0.15) is 23.7 Å². The molecule has 10 heteroatoms. The third-order valence-corrected chi connectivity index (χ3v) is 3.94. The van der Waals surface area contributed by atoms with Gasteiger partial charge in [-0.25, -0.2) is 0 Å². The summed E-state index contributed by atoms with van der Waals surface area (Å²) in [6.07, 6.45) is 0.555. The Morgan fingerprint density at radius 3 is 1.60 bits per heavy atom. The summed E-state index contributed by atoms with van der Waals surface area (Å²) in [5.74, 6) is 0.190. The first-order chi connectivity index (χ1) is 11.1. The van der Waals surface area contributed by atoms with Gasteiger partial charge in [-0.2, -0.15) is 0 Å². The van der Waals surface area contributed by atoms with Crippen LogP contribution in [0.25, 0.3) is 0 Å². The second kappa shape index (κ2) is 7.21. The summed E-state index contributed by atoms with van der Waals surface area (Å²) in [5.41, 5.74) is 0.789. The molecule has 0 saturated heterocycles. The number of hydrogen-bond donors (Lipinski definition) is 0. The van der Waals surface area contributed by atoms with Gasteiger partial charge in [-0.3, -0.25) is 4.79 Å². The van der Waals surface area contributed by atoms with Gasteiger partial charge in [0.1, 0.15) is 4.90 Å². The first-order valence-corrected chi connectivity index (χ1v) is 10.2. The summed E-state index contributed by atoms with van der Waals surface area (Å²) >= 11 is 5.16. The van der Waals surface area contributed by atoms with Crippen LogP contribution in [-0.4, -0.2) is 5.78 Å². The van der Waals surface area contributed by atoms with E-state index in [0.717, 1.165) is 15.4 Å². The molecule has 0 spiro atoms. The molecule has 25 heavy (non-hydrogen) atoms. The van der Waals surface area contributed by atoms with Gasteiger partial charge in [-0.05, 0) is 49.0 Å². The fourth-order valence-electron chi connectivity index (χ4n) is 1.57. The van der Waals surface area contributed by atoms with E-state index in [-0.39, 0.29) is 5.78 Å². The maximum absolute atomic E-state index is 11.5. The first-order valence-electron chi connectivity index (χ1n) is 6.83. The number of carbonyl (C=O) groups is 1. The molecule has 1 nitrogen and oxygen atoms in total. The van der Waals surface area contributed by atoms with E-state index in [1.807, 2.05) is 43.3 Å². The second-order valence-corrected chi connectivity index (χ2v) is 8.53. The summed E-state index contributed by atoms with van der Waals surface area (Å²) in [6.45, 7) is 1.88. The first kappa shape index (κ1) is 21.9. The average molecular weight is 420 g/mol. The Morgan fingerprint density at radius 2 is 1.24 bits per heavy atom. The van der Waals surface area contributed by atoms with Gasteiger partial charge < -0.3 is 0 Å². The van der Waals surface area contributed by atoms with Crippen molar-refractivity contribution in [3.05, 3.63) is 54.1 Å². The summed E-state index contributed by atoms with van der Waals surface area (Å²) in [7, 11) is -10.7. The average Bonchev–Trinajstić information content (AvgIpc) is 2.46. The fraction of sp³-hybridized carbons (Fsp3) is 0.133. The molecule has 140 valence electrons. The molecule has 0 amide bonds. The molecule has 0 aromatic heterocycles. The molecule has 0 unspecified atom stereocenters. The SMILES string of the molecule is CCC(=O)c1ccc(Sc2ccc([SH2+])cc2)cc1.F[P-](F)(F)(F)(F)F. The molecular weight excluding hydrogens is 405 g/mol. The zero-order chi connectivity index (χ0) is 19.4. The van der Waals surface area contributed by atoms with Gasteiger partial charge in [0, 0.05) is 21.8 Å². The molecule has 0 bridgehead atoms. The zero-order valence-electron chi connectivity index (χ0n) is 12.9. The topological polar surface area (TPSA) is 17.1 Å². The number of hydrogen-bond acceptors (Lipinski definition) is 2. The number of Topliss-reactive ketones (excluding diaryl/α,β-unsaturated/α-hetero) is 1. The Kier molecular flexibility index (Phi) is 6.30. The van der Waals surface area contributed by atoms with Gasteiger partial charge in [0.15, 0.2) is 5.78 Å². The van der Waals surface area contributed by atoms with Crippen molar-refractivity contribution < 1.29 is 30.0 Å². The van der Waals surface area contributed by atoms with Gasteiger partial charge >= 0.3 is 33.0 Å². The third kappa shape index (κ3) is 11.9. The second-order valence-electron chi connectivity index (χ2n) is 4.89. The molecule has 0 atom stereocenters. The molecule has 0 aliphatic carbocycles. The molecule has 2 aromatic carbocycles. The zero-order valence-corrected chi connectivity index (χ0v) is 15.6. The quantitative estimate of drug-likeness (QED) is 0.226. The normalized spacial score (nSPS) is 13.9. The Morgan fingerprint density at radius 1 is 0.880 bits per heavy atom. The summed E-state index contributed by atoms with van der Waals surface area (Å²) < 4.78 is 59.2. The minimum absolute atomic E-state index is 0.190. The van der Waals surface area contributed by atoms with Crippen molar-refractivity contribution in [1.29, 1.82) is 0 Å². The third-order valence-electron chi connectivity index (χ3n) is 2.59. The van der Waals surface area contributed by atoms with Crippen molar-refractivity contribution in [1.82, 2.24) is 0 Å². The standard InChI is InChI=1S/C15H14OS2.F6P/c1-2-15(16)11-3-7-13(8-4-11)18-14-9-5-12(17)6-10-14;1-7(2,3,4,5)6/h3-10,17H,2H2,1H3;/q;-1/p+1. The van der Waals surface area contributed by atoms with Crippen LogP contribution >= 0.6 is 19.6 Å². The van der Waals surface area contributed by atoms with Crippen molar-refractivity contribution in [2.75, 3.05) is 0 Å². The number of ketones is 1. The maximum atomic E-state index is 11.5. The fourth-order valence-corrected chi connectivity index (χ4v) is 2.56. The summed E-state index contributed by atoms with van der Waals surface area (Å²) in [6, 6.07) is 16.0. The van der Waals surface area contributed by atoms with Crippen molar-refractivity contribution >= 4 is 38.0 Å². The van der Waals surface area contributed by atoms with Crippen LogP contribution in [0.4, 0.5) is 25.2 Å². The van der Waals surface area contributed by atoms with Gasteiger partial charge in [-0.15, -0.1) is 0 Å². The molecule has 0 N–H and O–H groups in total. The van der Waals surface area contributed by atoms with E-state index in [9.17, 15) is 30.0 Å². The van der Waals surface area contributed by atoms with Crippen LogP contribution in [-0.2, 0) is 12.6 Å². The Labute approximate surface area is 150 Å². The predicted octanol–water partition coefficient (Wildman–Crippen LogP) is 7.18. The molecule has 0 aliphatic heterocycles. The summed E-state index contributed by atoms with van der Waals surface area (Å²) in [4.78, 5) is 14.9. The van der Waals surface area contributed by atoms with E-state index in [1.54, 1.807) is 11.8 Å². The molecular formula is C15H15F6OPS2. The van der Waals surface area contributed by atoms with Crippen molar-refractivity contribution in [3.8, 4) is 0 Å². The molecule has 0 aliphatic rings. The molecule has 2 aromatic rings. The van der Waals surface area contributed by atoms with Gasteiger partial charge in [-0.1, -0.05) is 30.8 Å². The van der Waals surface area contributed by atoms with Crippen molar-refractivity contribution in [2.24, 2.45) is 0 Å². The number of halogens is 6. The van der Waals surface area contributed by atoms with Crippen LogP contribution in [0, 0.1) is 0 Å².